The summed E-state index contributed by atoms with van der Waals surface area (Å²) in [5.74, 6) is 0.753. The lowest BCUT2D eigenvalue weighted by molar-refractivity contribution is -0.153. The molecule has 0 aromatic heterocycles. The molecule has 0 atom stereocenters. The third-order valence-electron chi connectivity index (χ3n) is 4.82. The highest BCUT2D eigenvalue weighted by molar-refractivity contribution is 5.89. The molecule has 6 nitrogen and oxygen atoms in total. The third-order valence-corrected chi connectivity index (χ3v) is 4.82. The van der Waals surface area contributed by atoms with Gasteiger partial charge in [-0.15, -0.1) is 0 Å². The number of anilines is 1. The maximum Gasteiger partial charge on any atom is 0.422 e. The molecule has 0 heterocycles. The molecule has 2 N–H and O–H groups in total. The van der Waals surface area contributed by atoms with Gasteiger partial charge in [-0.25, -0.2) is 4.79 Å². The third kappa shape index (κ3) is 6.97. The number of nitrogens with one attached hydrogen (secondary N) is 2. The Morgan fingerprint density at radius 1 is 1.06 bits per heavy atom. The van der Waals surface area contributed by atoms with Gasteiger partial charge < -0.3 is 24.8 Å². The van der Waals surface area contributed by atoms with Gasteiger partial charge >= 0.3 is 12.2 Å². The zero-order valence-electron chi connectivity index (χ0n) is 17.1. The molecule has 0 bridgehead atoms. The number of ether oxygens (including phenoxy) is 3. The second kappa shape index (κ2) is 10.3. The number of halogens is 3. The molecule has 0 radical (unpaired) electrons. The van der Waals surface area contributed by atoms with Gasteiger partial charge in [-0.2, -0.15) is 13.2 Å². The van der Waals surface area contributed by atoms with Gasteiger partial charge in [-0.1, -0.05) is 18.2 Å². The molecule has 0 aliphatic heterocycles. The van der Waals surface area contributed by atoms with Crippen molar-refractivity contribution in [2.75, 3.05) is 19.0 Å². The molecule has 1 aliphatic carbocycles. The minimum Gasteiger partial charge on any atom is -0.493 e. The van der Waals surface area contributed by atoms with Crippen molar-refractivity contribution in [3.05, 3.63) is 48.0 Å². The number of amides is 2. The molecule has 2 aromatic carbocycles. The minimum absolute atomic E-state index is 0.118. The van der Waals surface area contributed by atoms with Crippen molar-refractivity contribution in [3.8, 4) is 17.2 Å². The van der Waals surface area contributed by atoms with Crippen molar-refractivity contribution in [2.24, 2.45) is 0 Å². The van der Waals surface area contributed by atoms with Crippen LogP contribution in [0.3, 0.4) is 0 Å². The fourth-order valence-corrected chi connectivity index (χ4v) is 3.33. The van der Waals surface area contributed by atoms with E-state index < -0.39 is 18.8 Å². The van der Waals surface area contributed by atoms with Crippen molar-refractivity contribution in [2.45, 2.75) is 44.5 Å². The first kappa shape index (κ1) is 22.6. The molecule has 3 rings (SSSR count). The van der Waals surface area contributed by atoms with E-state index in [9.17, 15) is 18.0 Å². The lowest BCUT2D eigenvalue weighted by Crippen LogP contribution is -2.28. The van der Waals surface area contributed by atoms with Crippen LogP contribution >= 0.6 is 0 Å². The highest BCUT2D eigenvalue weighted by Gasteiger charge is 2.29. The number of para-hydroxylation sites is 1. The van der Waals surface area contributed by atoms with Crippen molar-refractivity contribution in [3.63, 3.8) is 0 Å². The molecule has 0 saturated heterocycles. The van der Waals surface area contributed by atoms with E-state index in [4.69, 9.17) is 14.2 Å². The monoisotopic (exact) mass is 438 g/mol. The van der Waals surface area contributed by atoms with E-state index in [2.05, 4.69) is 10.6 Å². The summed E-state index contributed by atoms with van der Waals surface area (Å²) in [5, 5.41) is 5.32. The highest BCUT2D eigenvalue weighted by atomic mass is 19.4. The van der Waals surface area contributed by atoms with Crippen LogP contribution in [0.1, 0.15) is 31.2 Å². The Hall–Kier alpha value is -3.10. The zero-order chi connectivity index (χ0) is 22.3. The van der Waals surface area contributed by atoms with Crippen LogP contribution < -0.4 is 24.8 Å². The summed E-state index contributed by atoms with van der Waals surface area (Å²) >= 11 is 0. The number of carbonyl (C=O) groups excluding carboxylic acids is 1. The molecule has 168 valence electrons. The average molecular weight is 438 g/mol. The lowest BCUT2D eigenvalue weighted by Gasteiger charge is -2.17. The van der Waals surface area contributed by atoms with Gasteiger partial charge in [-0.3, -0.25) is 0 Å². The van der Waals surface area contributed by atoms with Crippen molar-refractivity contribution in [1.82, 2.24) is 5.32 Å². The van der Waals surface area contributed by atoms with Crippen molar-refractivity contribution in [1.29, 1.82) is 0 Å². The predicted octanol–water partition coefficient (Wildman–Crippen LogP) is 5.28. The summed E-state index contributed by atoms with van der Waals surface area (Å²) < 4.78 is 53.2. The summed E-state index contributed by atoms with van der Waals surface area (Å²) in [7, 11) is 1.32. The maximum atomic E-state index is 12.5. The number of hydrogen-bond donors (Lipinski definition) is 2. The van der Waals surface area contributed by atoms with E-state index >= 15 is 0 Å². The van der Waals surface area contributed by atoms with Gasteiger partial charge in [0, 0.05) is 23.9 Å². The molecule has 31 heavy (non-hydrogen) atoms. The standard InChI is InChI=1S/C22H25F3N2O4/c1-29-19-11-10-16(12-20(19)30-14-22(23,24)25)27-21(28)26-13-15-6-2-5-9-18(15)31-17-7-3-4-8-17/h2,5-6,9-12,17H,3-4,7-8,13-14H2,1H3,(H2,26,27,28). The number of carbonyl (C=O) groups is 1. The smallest absolute Gasteiger partial charge is 0.422 e. The van der Waals surface area contributed by atoms with Crippen LogP contribution in [0.4, 0.5) is 23.7 Å². The van der Waals surface area contributed by atoms with E-state index in [1.165, 1.54) is 25.3 Å². The Balaban J connectivity index is 1.58. The van der Waals surface area contributed by atoms with E-state index in [1.54, 1.807) is 0 Å². The normalized spacial score (nSPS) is 14.2. The molecule has 0 spiro atoms. The first-order chi connectivity index (χ1) is 14.8. The van der Waals surface area contributed by atoms with Crippen LogP contribution in [0.25, 0.3) is 0 Å². The number of methoxy groups -OCH3 is 1. The van der Waals surface area contributed by atoms with E-state index in [0.717, 1.165) is 37.0 Å². The number of hydrogen-bond acceptors (Lipinski definition) is 4. The number of urea groups is 1. The number of benzene rings is 2. The summed E-state index contributed by atoms with van der Waals surface area (Å²) in [5.41, 5.74) is 1.11. The van der Waals surface area contributed by atoms with Gasteiger partial charge in [0.05, 0.1) is 13.2 Å². The molecular weight excluding hydrogens is 413 g/mol. The summed E-state index contributed by atoms with van der Waals surface area (Å²) in [6, 6.07) is 11.2. The first-order valence-corrected chi connectivity index (χ1v) is 10.0. The molecule has 9 heteroatoms. The van der Waals surface area contributed by atoms with Crippen LogP contribution in [0.2, 0.25) is 0 Å². The largest absolute Gasteiger partial charge is 0.493 e. The number of rotatable bonds is 8. The summed E-state index contributed by atoms with van der Waals surface area (Å²) in [6.07, 6.45) is 0.0782. The van der Waals surface area contributed by atoms with Gasteiger partial charge in [0.2, 0.25) is 0 Å². The van der Waals surface area contributed by atoms with Gasteiger partial charge in [-0.05, 0) is 43.9 Å². The lowest BCUT2D eigenvalue weighted by atomic mass is 10.2. The van der Waals surface area contributed by atoms with E-state index in [-0.39, 0.29) is 29.8 Å². The first-order valence-electron chi connectivity index (χ1n) is 10.0. The minimum atomic E-state index is -4.49. The van der Waals surface area contributed by atoms with Gasteiger partial charge in [0.15, 0.2) is 18.1 Å². The highest BCUT2D eigenvalue weighted by Crippen LogP contribution is 2.32. The molecule has 1 saturated carbocycles. The Morgan fingerprint density at radius 2 is 1.81 bits per heavy atom. The van der Waals surface area contributed by atoms with Gasteiger partial charge in [0.1, 0.15) is 5.75 Å². The van der Waals surface area contributed by atoms with E-state index in [0.29, 0.717) is 0 Å². The van der Waals surface area contributed by atoms with Crippen LogP contribution in [0.5, 0.6) is 17.2 Å². The predicted molar refractivity (Wildman–Crippen MR) is 110 cm³/mol. The summed E-state index contributed by atoms with van der Waals surface area (Å²) in [4.78, 5) is 12.3. The maximum absolute atomic E-state index is 12.5. The Labute approximate surface area is 178 Å². The molecular formula is C22H25F3N2O4. The topological polar surface area (TPSA) is 68.8 Å². The Bertz CT molecular complexity index is 883. The van der Waals surface area contributed by atoms with E-state index in [1.807, 2.05) is 24.3 Å². The van der Waals surface area contributed by atoms with Crippen LogP contribution in [0.15, 0.2) is 42.5 Å². The SMILES string of the molecule is COc1ccc(NC(=O)NCc2ccccc2OC2CCCC2)cc1OCC(F)(F)F. The van der Waals surface area contributed by atoms with Crippen molar-refractivity contribution < 1.29 is 32.2 Å². The fourth-order valence-electron chi connectivity index (χ4n) is 3.33. The van der Waals surface area contributed by atoms with Gasteiger partial charge in [0.25, 0.3) is 0 Å². The molecule has 1 fully saturated rings. The molecule has 2 amide bonds. The summed E-state index contributed by atoms with van der Waals surface area (Å²) in [6.45, 7) is -1.22. The van der Waals surface area contributed by atoms with Crippen LogP contribution in [-0.4, -0.2) is 32.0 Å². The number of alkyl halides is 3. The second-order valence-corrected chi connectivity index (χ2v) is 7.21. The fraction of sp³-hybridized carbons (Fsp3) is 0.409. The Morgan fingerprint density at radius 3 is 2.52 bits per heavy atom. The molecule has 0 unspecified atom stereocenters. The second-order valence-electron chi connectivity index (χ2n) is 7.21. The average Bonchev–Trinajstić information content (AvgIpc) is 3.24. The van der Waals surface area contributed by atoms with Crippen molar-refractivity contribution >= 4 is 11.7 Å². The Kier molecular flexibility index (Phi) is 7.49. The zero-order valence-corrected chi connectivity index (χ0v) is 17.1. The van der Waals surface area contributed by atoms with Crippen LogP contribution in [-0.2, 0) is 6.54 Å². The molecule has 1 aliphatic rings. The quantitative estimate of drug-likeness (QED) is 0.589. The van der Waals surface area contributed by atoms with Crippen LogP contribution in [0, 0.1) is 0 Å². The molecule has 2 aromatic rings.